The summed E-state index contributed by atoms with van der Waals surface area (Å²) in [6, 6.07) is 11.8. The minimum Gasteiger partial charge on any atom is -0.507 e. The number of piperazine rings is 1. The number of nitrogens with zero attached hydrogens (tertiary/aromatic N) is 4. The van der Waals surface area contributed by atoms with Gasteiger partial charge in [-0.3, -0.25) is 9.59 Å². The molecule has 166 valence electrons. The van der Waals surface area contributed by atoms with E-state index in [-0.39, 0.29) is 28.9 Å². The third-order valence-electron chi connectivity index (χ3n) is 5.71. The molecular weight excluding hydrogens is 452 g/mol. The van der Waals surface area contributed by atoms with Crippen LogP contribution in [0.25, 0.3) is 0 Å². The molecular formula is C21H20N4O5S2. The molecule has 1 fully saturated rings. The largest absolute Gasteiger partial charge is 0.507 e. The van der Waals surface area contributed by atoms with Crippen molar-refractivity contribution in [2.45, 2.75) is 4.90 Å². The molecule has 0 radical (unpaired) electrons. The zero-order valence-electron chi connectivity index (χ0n) is 17.0. The van der Waals surface area contributed by atoms with E-state index in [1.165, 1.54) is 17.8 Å². The third kappa shape index (κ3) is 3.71. The van der Waals surface area contributed by atoms with Crippen molar-refractivity contribution >= 4 is 44.5 Å². The van der Waals surface area contributed by atoms with E-state index in [4.69, 9.17) is 0 Å². The van der Waals surface area contributed by atoms with Crippen molar-refractivity contribution in [3.8, 4) is 5.75 Å². The first-order valence-corrected chi connectivity index (χ1v) is 12.5. The lowest BCUT2D eigenvalue weighted by Gasteiger charge is -2.35. The molecule has 3 aliphatic heterocycles. The van der Waals surface area contributed by atoms with Crippen LogP contribution in [0.4, 0.5) is 5.69 Å². The summed E-state index contributed by atoms with van der Waals surface area (Å²) >= 11 is 1.25. The molecule has 0 saturated carbocycles. The predicted octanol–water partition coefficient (Wildman–Crippen LogP) is 1.60. The average molecular weight is 473 g/mol. The average Bonchev–Trinajstić information content (AvgIpc) is 3.14. The van der Waals surface area contributed by atoms with Crippen molar-refractivity contribution in [3.63, 3.8) is 0 Å². The number of amidine groups is 1. The molecule has 11 heteroatoms. The summed E-state index contributed by atoms with van der Waals surface area (Å²) in [4.78, 5) is 31.7. The Kier molecular flexibility index (Phi) is 5.09. The molecule has 2 aromatic rings. The Morgan fingerprint density at radius 2 is 1.62 bits per heavy atom. The number of aromatic hydroxyl groups is 1. The van der Waals surface area contributed by atoms with E-state index in [9.17, 15) is 23.1 Å². The summed E-state index contributed by atoms with van der Waals surface area (Å²) in [7, 11) is -3.43. The normalized spacial score (nSPS) is 19.2. The van der Waals surface area contributed by atoms with E-state index < -0.39 is 10.0 Å². The van der Waals surface area contributed by atoms with E-state index in [0.717, 1.165) is 10.6 Å². The lowest BCUT2D eigenvalue weighted by Crippen LogP contribution is -2.50. The van der Waals surface area contributed by atoms with E-state index in [1.54, 1.807) is 40.1 Å². The molecule has 0 aliphatic carbocycles. The van der Waals surface area contributed by atoms with Gasteiger partial charge in [0.05, 0.1) is 17.0 Å². The van der Waals surface area contributed by atoms with E-state index in [0.29, 0.717) is 43.5 Å². The van der Waals surface area contributed by atoms with E-state index in [1.807, 2.05) is 11.0 Å². The Balaban J connectivity index is 1.27. The highest BCUT2D eigenvalue weighted by atomic mass is 32.2. The quantitative estimate of drug-likeness (QED) is 0.707. The smallest absolute Gasteiger partial charge is 0.257 e. The maximum absolute atomic E-state index is 13.1. The molecule has 9 nitrogen and oxygen atoms in total. The van der Waals surface area contributed by atoms with Gasteiger partial charge in [0.15, 0.2) is 5.17 Å². The van der Waals surface area contributed by atoms with Crippen LogP contribution in [0.3, 0.4) is 0 Å². The standard InChI is InChI=1S/C21H20N4O5S2/c26-17-4-2-1-3-15(17)20(28)24-9-7-23(8-10-24)19(27)14-5-6-16-18(13-14)31-21-22-32(29,30)12-11-25(16)21/h1-6,13,26H,7-12H2. The summed E-state index contributed by atoms with van der Waals surface area (Å²) in [5.74, 6) is -0.472. The van der Waals surface area contributed by atoms with Crippen LogP contribution in [-0.2, 0) is 10.0 Å². The molecule has 0 bridgehead atoms. The minimum absolute atomic E-state index is 0.0268. The van der Waals surface area contributed by atoms with Crippen LogP contribution in [-0.4, -0.2) is 78.8 Å². The maximum atomic E-state index is 13.1. The molecule has 3 heterocycles. The molecule has 2 amide bonds. The zero-order chi connectivity index (χ0) is 22.5. The Morgan fingerprint density at radius 1 is 0.938 bits per heavy atom. The monoisotopic (exact) mass is 472 g/mol. The summed E-state index contributed by atoms with van der Waals surface area (Å²) in [6.45, 7) is 1.88. The van der Waals surface area contributed by atoms with Crippen LogP contribution in [0.15, 0.2) is 51.8 Å². The number of phenols is 1. The second-order valence-corrected chi connectivity index (χ2v) is 10.5. The van der Waals surface area contributed by atoms with Crippen LogP contribution in [0.5, 0.6) is 5.75 Å². The van der Waals surface area contributed by atoms with Crippen LogP contribution >= 0.6 is 11.8 Å². The summed E-state index contributed by atoms with van der Waals surface area (Å²) < 4.78 is 27.4. The number of hydrogen-bond acceptors (Lipinski definition) is 7. The van der Waals surface area contributed by atoms with Gasteiger partial charge in [-0.05, 0) is 42.1 Å². The van der Waals surface area contributed by atoms with Gasteiger partial charge >= 0.3 is 0 Å². The molecule has 32 heavy (non-hydrogen) atoms. The molecule has 0 aromatic heterocycles. The van der Waals surface area contributed by atoms with Gasteiger partial charge in [-0.25, -0.2) is 8.42 Å². The Bertz CT molecular complexity index is 1250. The lowest BCUT2D eigenvalue weighted by molar-refractivity contribution is 0.0533. The molecule has 5 rings (SSSR count). The first-order valence-electron chi connectivity index (χ1n) is 10.1. The van der Waals surface area contributed by atoms with E-state index in [2.05, 4.69) is 4.40 Å². The van der Waals surface area contributed by atoms with Gasteiger partial charge in [0.1, 0.15) is 5.75 Å². The van der Waals surface area contributed by atoms with Crippen LogP contribution in [0, 0.1) is 0 Å². The summed E-state index contributed by atoms with van der Waals surface area (Å²) in [5.41, 5.74) is 1.63. The molecule has 1 saturated heterocycles. The van der Waals surface area contributed by atoms with E-state index >= 15 is 0 Å². The minimum atomic E-state index is -3.43. The maximum Gasteiger partial charge on any atom is 0.257 e. The number of amides is 2. The van der Waals surface area contributed by atoms with Gasteiger partial charge in [0.25, 0.3) is 21.8 Å². The van der Waals surface area contributed by atoms with Gasteiger partial charge in [-0.1, -0.05) is 12.1 Å². The Hall–Kier alpha value is -3.05. The number of sulfonamides is 1. The first-order chi connectivity index (χ1) is 15.3. The molecule has 2 aromatic carbocycles. The van der Waals surface area contributed by atoms with Crippen molar-refractivity contribution < 1.29 is 23.1 Å². The van der Waals surface area contributed by atoms with Crippen molar-refractivity contribution in [2.75, 3.05) is 43.4 Å². The highest BCUT2D eigenvalue weighted by Crippen LogP contribution is 2.42. The number of fused-ring (bicyclic) bond motifs is 3. The highest BCUT2D eigenvalue weighted by Gasteiger charge is 2.34. The molecule has 1 N–H and O–H groups in total. The number of hydrogen-bond donors (Lipinski definition) is 1. The van der Waals surface area contributed by atoms with Gasteiger partial charge in [-0.15, -0.1) is 4.40 Å². The zero-order valence-corrected chi connectivity index (χ0v) is 18.6. The number of anilines is 1. The van der Waals surface area contributed by atoms with Crippen molar-refractivity contribution in [3.05, 3.63) is 53.6 Å². The molecule has 0 atom stereocenters. The number of thioether (sulfide) groups is 1. The fourth-order valence-electron chi connectivity index (χ4n) is 3.98. The molecule has 0 spiro atoms. The van der Waals surface area contributed by atoms with Crippen LogP contribution in [0.2, 0.25) is 0 Å². The van der Waals surface area contributed by atoms with Gasteiger partial charge in [0, 0.05) is 43.2 Å². The SMILES string of the molecule is O=C(c1ccc2c(c1)SC1=NS(=O)(=O)CCN12)N1CCN(C(=O)c2ccccc2O)CC1. The third-order valence-corrected chi connectivity index (χ3v) is 8.01. The second-order valence-electron chi connectivity index (χ2n) is 7.70. The molecule has 3 aliphatic rings. The fraction of sp³-hybridized carbons (Fsp3) is 0.286. The van der Waals surface area contributed by atoms with Gasteiger partial charge in [0.2, 0.25) is 0 Å². The number of para-hydroxylation sites is 1. The van der Waals surface area contributed by atoms with Crippen molar-refractivity contribution in [1.29, 1.82) is 0 Å². The molecule has 0 unspecified atom stereocenters. The fourth-order valence-corrected chi connectivity index (χ4v) is 6.28. The lowest BCUT2D eigenvalue weighted by atomic mass is 10.1. The highest BCUT2D eigenvalue weighted by molar-refractivity contribution is 8.15. The Morgan fingerprint density at radius 3 is 2.34 bits per heavy atom. The van der Waals surface area contributed by atoms with Gasteiger partial charge in [-0.2, -0.15) is 0 Å². The first kappa shape index (κ1) is 20.8. The topological polar surface area (TPSA) is 111 Å². The van der Waals surface area contributed by atoms with Crippen LogP contribution < -0.4 is 4.90 Å². The summed E-state index contributed by atoms with van der Waals surface area (Å²) in [6.07, 6.45) is 0. The number of carbonyl (C=O) groups excluding carboxylic acids is 2. The number of carbonyl (C=O) groups is 2. The summed E-state index contributed by atoms with van der Waals surface area (Å²) in [5, 5.41) is 10.3. The second kappa shape index (κ2) is 7.82. The van der Waals surface area contributed by atoms with Crippen molar-refractivity contribution in [2.24, 2.45) is 4.40 Å². The van der Waals surface area contributed by atoms with Crippen LogP contribution in [0.1, 0.15) is 20.7 Å². The number of benzene rings is 2. The number of phenolic OH excluding ortho intramolecular Hbond substituents is 1. The van der Waals surface area contributed by atoms with Crippen molar-refractivity contribution in [1.82, 2.24) is 9.80 Å². The van der Waals surface area contributed by atoms with Gasteiger partial charge < -0.3 is 19.8 Å². The Labute approximate surface area is 189 Å². The number of rotatable bonds is 2. The predicted molar refractivity (Wildman–Crippen MR) is 121 cm³/mol.